The highest BCUT2D eigenvalue weighted by molar-refractivity contribution is 7.25. The molecule has 0 aliphatic heterocycles. The Kier molecular flexibility index (Phi) is 6.54. The first kappa shape index (κ1) is 17.9. The van der Waals surface area contributed by atoms with Gasteiger partial charge in [0.2, 0.25) is 0 Å². The van der Waals surface area contributed by atoms with E-state index in [1.165, 1.54) is 35.1 Å². The van der Waals surface area contributed by atoms with Gasteiger partial charge in [-0.1, -0.05) is 69.7 Å². The quantitative estimate of drug-likeness (QED) is 0.477. The fourth-order valence-corrected chi connectivity index (χ4v) is 3.62. The van der Waals surface area contributed by atoms with Crippen molar-refractivity contribution in [3.63, 3.8) is 0 Å². The molecule has 23 heavy (non-hydrogen) atoms. The second kappa shape index (κ2) is 8.41. The van der Waals surface area contributed by atoms with E-state index in [-0.39, 0.29) is 13.6 Å². The summed E-state index contributed by atoms with van der Waals surface area (Å²) in [4.78, 5) is 0. The van der Waals surface area contributed by atoms with Crippen LogP contribution in [-0.4, -0.2) is 0 Å². The van der Waals surface area contributed by atoms with Crippen LogP contribution in [0.5, 0.6) is 0 Å². The average Bonchev–Trinajstić information content (AvgIpc) is 2.62. The predicted molar refractivity (Wildman–Crippen MR) is 100 cm³/mol. The van der Waals surface area contributed by atoms with Crippen LogP contribution in [0.4, 0.5) is 0 Å². The first-order valence-electron chi connectivity index (χ1n) is 8.73. The Hall–Kier alpha value is -1.46. The molecule has 2 rings (SSSR count). The maximum absolute atomic E-state index is 12.0. The van der Waals surface area contributed by atoms with Gasteiger partial charge in [0.05, 0.1) is 5.16 Å². The maximum atomic E-state index is 12.0. The van der Waals surface area contributed by atoms with Crippen LogP contribution < -0.4 is 0 Å². The van der Waals surface area contributed by atoms with E-state index in [9.17, 15) is 4.57 Å². The number of hydrogen-bond acceptors (Lipinski definition) is 1. The summed E-state index contributed by atoms with van der Waals surface area (Å²) in [6.07, 6.45) is 5.25. The van der Waals surface area contributed by atoms with Crippen LogP contribution in [0.25, 0.3) is 11.1 Å². The zero-order valence-electron chi connectivity index (χ0n) is 14.5. The molecule has 0 aliphatic carbocycles. The lowest BCUT2D eigenvalue weighted by molar-refractivity contribution is 0.521. The number of benzene rings is 2. The molecule has 0 spiro atoms. The van der Waals surface area contributed by atoms with Gasteiger partial charge in [-0.3, -0.25) is 4.57 Å². The summed E-state index contributed by atoms with van der Waals surface area (Å²) in [5.41, 5.74) is 5.05. The van der Waals surface area contributed by atoms with Gasteiger partial charge in [-0.25, -0.2) is 0 Å². The number of hydrogen-bond donors (Lipinski definition) is 0. The standard InChI is InChI=1S/C21H27OP/c1-4-7-11-17-14-19(18-12-9-8-10-13-18)16-20(15-17)21(5-2,6-3)23-22/h8-10,12-16H,4-7,11H2,1-3H3. The molecule has 0 atom stereocenters. The van der Waals surface area contributed by atoms with E-state index in [1.54, 1.807) is 0 Å². The molecule has 2 aromatic rings. The summed E-state index contributed by atoms with van der Waals surface area (Å²) in [7, 11) is 0.228. The minimum Gasteiger partial charge on any atom is -0.274 e. The van der Waals surface area contributed by atoms with Gasteiger partial charge < -0.3 is 0 Å². The lowest BCUT2D eigenvalue weighted by Gasteiger charge is -2.26. The van der Waals surface area contributed by atoms with Crippen molar-refractivity contribution in [3.05, 3.63) is 59.7 Å². The van der Waals surface area contributed by atoms with Crippen molar-refractivity contribution in [2.24, 2.45) is 0 Å². The van der Waals surface area contributed by atoms with Gasteiger partial charge >= 0.3 is 0 Å². The third-order valence-corrected chi connectivity index (χ3v) is 6.04. The van der Waals surface area contributed by atoms with Gasteiger partial charge in [-0.15, -0.1) is 0 Å². The second-order valence-corrected chi connectivity index (χ2v) is 7.26. The molecule has 2 aromatic carbocycles. The van der Waals surface area contributed by atoms with Crippen molar-refractivity contribution in [2.45, 2.75) is 58.0 Å². The molecular formula is C21H27OP. The first-order valence-corrected chi connectivity index (χ1v) is 9.54. The van der Waals surface area contributed by atoms with Crippen LogP contribution in [0.2, 0.25) is 0 Å². The Labute approximate surface area is 142 Å². The van der Waals surface area contributed by atoms with Crippen LogP contribution in [0.3, 0.4) is 0 Å². The smallest absolute Gasteiger partial charge is 0.166 e. The summed E-state index contributed by atoms with van der Waals surface area (Å²) < 4.78 is 12.0. The third kappa shape index (κ3) is 4.09. The molecule has 0 heterocycles. The van der Waals surface area contributed by atoms with E-state index in [1.807, 2.05) is 6.07 Å². The molecule has 0 fully saturated rings. The maximum Gasteiger partial charge on any atom is 0.166 e. The predicted octanol–water partition coefficient (Wildman–Crippen LogP) is 7.00. The zero-order valence-corrected chi connectivity index (χ0v) is 15.4. The lowest BCUT2D eigenvalue weighted by atomic mass is 9.87. The lowest BCUT2D eigenvalue weighted by Crippen LogP contribution is -2.17. The van der Waals surface area contributed by atoms with Gasteiger partial charge in [-0.05, 0) is 54.0 Å². The molecule has 0 saturated carbocycles. The second-order valence-electron chi connectivity index (χ2n) is 6.22. The average molecular weight is 326 g/mol. The zero-order chi connectivity index (χ0) is 16.7. The molecule has 0 bridgehead atoms. The van der Waals surface area contributed by atoms with Crippen molar-refractivity contribution in [1.82, 2.24) is 0 Å². The van der Waals surface area contributed by atoms with Crippen molar-refractivity contribution in [1.29, 1.82) is 0 Å². The minimum atomic E-state index is -0.258. The molecule has 0 N–H and O–H groups in total. The van der Waals surface area contributed by atoms with Gasteiger partial charge in [0.25, 0.3) is 0 Å². The van der Waals surface area contributed by atoms with Crippen LogP contribution in [0, 0.1) is 0 Å². The summed E-state index contributed by atoms with van der Waals surface area (Å²) in [6, 6.07) is 17.3. The van der Waals surface area contributed by atoms with E-state index >= 15 is 0 Å². The van der Waals surface area contributed by atoms with E-state index in [0.717, 1.165) is 19.3 Å². The van der Waals surface area contributed by atoms with Crippen molar-refractivity contribution < 1.29 is 4.57 Å². The van der Waals surface area contributed by atoms with Crippen LogP contribution >= 0.6 is 8.46 Å². The highest BCUT2D eigenvalue weighted by Gasteiger charge is 2.30. The third-order valence-electron chi connectivity index (χ3n) is 4.80. The Morgan fingerprint density at radius 1 is 0.913 bits per heavy atom. The van der Waals surface area contributed by atoms with Crippen LogP contribution in [0.15, 0.2) is 48.5 Å². The van der Waals surface area contributed by atoms with E-state index in [0.29, 0.717) is 0 Å². The van der Waals surface area contributed by atoms with Gasteiger partial charge in [0.1, 0.15) is 0 Å². The summed E-state index contributed by atoms with van der Waals surface area (Å²) in [6.45, 7) is 6.49. The number of aryl methyl sites for hydroxylation is 1. The number of unbranched alkanes of at least 4 members (excludes halogenated alkanes) is 1. The summed E-state index contributed by atoms with van der Waals surface area (Å²) >= 11 is 0. The fraction of sp³-hybridized carbons (Fsp3) is 0.429. The van der Waals surface area contributed by atoms with Crippen molar-refractivity contribution in [2.75, 3.05) is 0 Å². The molecule has 2 heteroatoms. The van der Waals surface area contributed by atoms with E-state index < -0.39 is 0 Å². The van der Waals surface area contributed by atoms with E-state index in [2.05, 4.69) is 63.2 Å². The normalized spacial score (nSPS) is 11.8. The summed E-state index contributed by atoms with van der Waals surface area (Å²) in [5.74, 6) is 0. The molecule has 1 nitrogen and oxygen atoms in total. The highest BCUT2D eigenvalue weighted by Crippen LogP contribution is 2.43. The topological polar surface area (TPSA) is 17.1 Å². The fourth-order valence-electron chi connectivity index (χ4n) is 3.12. The van der Waals surface area contributed by atoms with E-state index in [4.69, 9.17) is 0 Å². The Balaban J connectivity index is 2.55. The minimum absolute atomic E-state index is 0.228. The van der Waals surface area contributed by atoms with Gasteiger partial charge in [0, 0.05) is 0 Å². The molecule has 0 amide bonds. The number of rotatable bonds is 8. The highest BCUT2D eigenvalue weighted by atomic mass is 31.1. The van der Waals surface area contributed by atoms with Crippen molar-refractivity contribution in [3.8, 4) is 11.1 Å². The largest absolute Gasteiger partial charge is 0.274 e. The molecular weight excluding hydrogens is 299 g/mol. The van der Waals surface area contributed by atoms with Crippen LogP contribution in [-0.2, 0) is 16.1 Å². The molecule has 0 unspecified atom stereocenters. The van der Waals surface area contributed by atoms with Gasteiger partial charge in [0.15, 0.2) is 8.46 Å². The summed E-state index contributed by atoms with van der Waals surface area (Å²) in [5, 5.41) is -0.258. The molecule has 0 radical (unpaired) electrons. The molecule has 0 saturated heterocycles. The Morgan fingerprint density at radius 2 is 1.61 bits per heavy atom. The SMILES string of the molecule is CCCCc1cc(-c2ccccc2)cc(C(CC)(CC)P=O)c1. The monoisotopic (exact) mass is 326 g/mol. The Bertz CT molecular complexity index is 630. The van der Waals surface area contributed by atoms with Crippen LogP contribution in [0.1, 0.15) is 57.6 Å². The molecule has 122 valence electrons. The first-order chi connectivity index (χ1) is 11.2. The van der Waals surface area contributed by atoms with Gasteiger partial charge in [-0.2, -0.15) is 0 Å². The Morgan fingerprint density at radius 3 is 2.17 bits per heavy atom. The molecule has 0 aliphatic rings. The van der Waals surface area contributed by atoms with Crippen molar-refractivity contribution >= 4 is 8.46 Å². The molecule has 0 aromatic heterocycles.